The number of hydrogen-bond donors (Lipinski definition) is 11. The fraction of sp³-hybridized carbons (Fsp3) is 0.962. The zero-order chi connectivity index (χ0) is 33.5. The molecular formula is C26H45NO18. The highest BCUT2D eigenvalue weighted by Gasteiger charge is 2.54. The maximum absolute atomic E-state index is 11.8. The van der Waals surface area contributed by atoms with E-state index < -0.39 is 135 Å². The predicted octanol–water partition coefficient (Wildman–Crippen LogP) is -6.52. The molecule has 45 heavy (non-hydrogen) atoms. The minimum Gasteiger partial charge on any atom is -0.394 e. The average molecular weight is 660 g/mol. The van der Waals surface area contributed by atoms with Crippen molar-refractivity contribution in [1.82, 2.24) is 5.32 Å². The van der Waals surface area contributed by atoms with E-state index in [1.165, 1.54) is 20.8 Å². The Morgan fingerprint density at radius 3 is 1.64 bits per heavy atom. The van der Waals surface area contributed by atoms with Crippen LogP contribution in [0, 0.1) is 0 Å². The molecule has 0 bridgehead atoms. The van der Waals surface area contributed by atoms with Gasteiger partial charge in [0.2, 0.25) is 5.91 Å². The van der Waals surface area contributed by atoms with Gasteiger partial charge in [-0.05, 0) is 20.8 Å². The van der Waals surface area contributed by atoms with E-state index in [2.05, 4.69) is 5.32 Å². The van der Waals surface area contributed by atoms with Crippen molar-refractivity contribution in [2.24, 2.45) is 0 Å². The molecule has 4 fully saturated rings. The van der Waals surface area contributed by atoms with Gasteiger partial charge >= 0.3 is 0 Å². The van der Waals surface area contributed by atoms with Crippen molar-refractivity contribution in [2.45, 2.75) is 150 Å². The first-order valence-corrected chi connectivity index (χ1v) is 14.7. The summed E-state index contributed by atoms with van der Waals surface area (Å²) in [6.07, 6.45) is -29.3. The molecule has 1 amide bonds. The molecule has 4 rings (SSSR count). The minimum atomic E-state index is -1.86. The van der Waals surface area contributed by atoms with Crippen LogP contribution in [0.15, 0.2) is 0 Å². The molecule has 0 aromatic rings. The molecule has 4 saturated heterocycles. The lowest BCUT2D eigenvalue weighted by Gasteiger charge is -2.49. The maximum Gasteiger partial charge on any atom is 0.217 e. The smallest absolute Gasteiger partial charge is 0.217 e. The van der Waals surface area contributed by atoms with E-state index in [9.17, 15) is 55.9 Å². The van der Waals surface area contributed by atoms with E-state index in [4.69, 9.17) is 33.2 Å². The van der Waals surface area contributed by atoms with E-state index in [1.807, 2.05) is 0 Å². The molecule has 0 aliphatic carbocycles. The molecule has 4 aliphatic rings. The van der Waals surface area contributed by atoms with Crippen LogP contribution >= 0.6 is 0 Å². The molecule has 0 saturated carbocycles. The van der Waals surface area contributed by atoms with Crippen LogP contribution in [0.3, 0.4) is 0 Å². The van der Waals surface area contributed by atoms with Crippen molar-refractivity contribution < 1.29 is 89.0 Å². The normalized spacial score (nSPS) is 52.8. The zero-order valence-electron chi connectivity index (χ0n) is 25.0. The SMILES string of the molecule is CC(=O)N[C@@H]1[C@@H](O[C@@H]2O[C@@H](C)[C@H](O)[C@@H](O)[C@H]2O[C@@H]2O[C@@H](C)[C@H](O)[C@@H](O[C@@H]3O[C@@H](C)[C@H](O)[C@@H](O)[C@H]3O)[C@H]2O)[C@H](O)[C@@H](CO)O[C@@H]1O. The molecule has 0 unspecified atom stereocenters. The largest absolute Gasteiger partial charge is 0.394 e. The summed E-state index contributed by atoms with van der Waals surface area (Å²) in [6, 6.07) is -1.40. The highest BCUT2D eigenvalue weighted by molar-refractivity contribution is 5.73. The van der Waals surface area contributed by atoms with Crippen LogP contribution in [0.2, 0.25) is 0 Å². The van der Waals surface area contributed by atoms with Gasteiger partial charge in [0.25, 0.3) is 0 Å². The van der Waals surface area contributed by atoms with Crippen LogP contribution in [-0.4, -0.2) is 186 Å². The first-order valence-electron chi connectivity index (χ1n) is 14.7. The van der Waals surface area contributed by atoms with Crippen molar-refractivity contribution in [2.75, 3.05) is 6.61 Å². The third-order valence-electron chi connectivity index (χ3n) is 8.49. The topological polar surface area (TPSA) is 296 Å². The fourth-order valence-electron chi connectivity index (χ4n) is 5.75. The maximum atomic E-state index is 11.8. The van der Waals surface area contributed by atoms with Gasteiger partial charge in [-0.3, -0.25) is 4.79 Å². The lowest BCUT2D eigenvalue weighted by atomic mass is 9.95. The fourth-order valence-corrected chi connectivity index (χ4v) is 5.75. The Bertz CT molecular complexity index is 980. The minimum absolute atomic E-state index is 0.632. The van der Waals surface area contributed by atoms with Gasteiger partial charge in [0.1, 0.15) is 79.3 Å². The van der Waals surface area contributed by atoms with Gasteiger partial charge in [0, 0.05) is 6.92 Å². The van der Waals surface area contributed by atoms with Crippen molar-refractivity contribution in [1.29, 1.82) is 0 Å². The summed E-state index contributed by atoms with van der Waals surface area (Å²) >= 11 is 0. The van der Waals surface area contributed by atoms with Crippen molar-refractivity contribution in [3.05, 3.63) is 0 Å². The van der Waals surface area contributed by atoms with E-state index in [0.717, 1.165) is 6.92 Å². The Balaban J connectivity index is 1.56. The second kappa shape index (κ2) is 14.9. The summed E-state index contributed by atoms with van der Waals surface area (Å²) in [4.78, 5) is 11.8. The highest BCUT2D eigenvalue weighted by atomic mass is 16.8. The quantitative estimate of drug-likeness (QED) is 0.115. The van der Waals surface area contributed by atoms with Gasteiger partial charge in [-0.1, -0.05) is 0 Å². The van der Waals surface area contributed by atoms with Crippen LogP contribution in [0.4, 0.5) is 0 Å². The number of rotatable bonds is 8. The van der Waals surface area contributed by atoms with Crippen molar-refractivity contribution in [3.63, 3.8) is 0 Å². The molecule has 11 N–H and O–H groups in total. The Morgan fingerprint density at radius 2 is 1.07 bits per heavy atom. The molecule has 19 heteroatoms. The number of hydrogen-bond acceptors (Lipinski definition) is 18. The lowest BCUT2D eigenvalue weighted by Crippen LogP contribution is -2.68. The van der Waals surface area contributed by atoms with Gasteiger partial charge in [0.05, 0.1) is 24.9 Å². The van der Waals surface area contributed by atoms with Crippen LogP contribution in [0.5, 0.6) is 0 Å². The van der Waals surface area contributed by atoms with E-state index in [-0.39, 0.29) is 0 Å². The molecule has 0 aromatic carbocycles. The zero-order valence-corrected chi connectivity index (χ0v) is 25.0. The number of carbonyl (C=O) groups excluding carboxylic acids is 1. The summed E-state index contributed by atoms with van der Waals surface area (Å²) in [5.41, 5.74) is 0. The first-order chi connectivity index (χ1) is 21.1. The summed E-state index contributed by atoms with van der Waals surface area (Å²) in [7, 11) is 0. The summed E-state index contributed by atoms with van der Waals surface area (Å²) in [6.45, 7) is 4.59. The van der Waals surface area contributed by atoms with Crippen LogP contribution < -0.4 is 5.32 Å². The lowest BCUT2D eigenvalue weighted by molar-refractivity contribution is -0.389. The summed E-state index contributed by atoms with van der Waals surface area (Å²) in [5, 5.41) is 107. The molecule has 19 nitrogen and oxygen atoms in total. The molecule has 4 aliphatic heterocycles. The second-order valence-corrected chi connectivity index (χ2v) is 11.8. The number of aliphatic hydroxyl groups excluding tert-OH is 10. The van der Waals surface area contributed by atoms with E-state index in [1.54, 1.807) is 0 Å². The van der Waals surface area contributed by atoms with Gasteiger partial charge in [-0.2, -0.15) is 0 Å². The summed E-state index contributed by atoms with van der Waals surface area (Å²) in [5.74, 6) is -0.632. The van der Waals surface area contributed by atoms with E-state index in [0.29, 0.717) is 0 Å². The number of carbonyl (C=O) groups is 1. The van der Waals surface area contributed by atoms with Crippen molar-refractivity contribution in [3.8, 4) is 0 Å². The highest BCUT2D eigenvalue weighted by Crippen LogP contribution is 2.34. The third-order valence-corrected chi connectivity index (χ3v) is 8.49. The molecule has 262 valence electrons. The molecule has 0 radical (unpaired) electrons. The molecule has 0 spiro atoms. The first kappa shape index (κ1) is 36.6. The monoisotopic (exact) mass is 659 g/mol. The molecule has 20 atom stereocenters. The van der Waals surface area contributed by atoms with E-state index >= 15 is 0 Å². The third kappa shape index (κ3) is 7.60. The predicted molar refractivity (Wildman–Crippen MR) is 141 cm³/mol. The molecule has 0 aromatic heterocycles. The number of nitrogens with one attached hydrogen (secondary N) is 1. The molecule has 4 heterocycles. The molecular weight excluding hydrogens is 614 g/mol. The number of amides is 1. The Labute approximate surface area is 257 Å². The van der Waals surface area contributed by atoms with Gasteiger partial charge in [-0.15, -0.1) is 0 Å². The number of aliphatic hydroxyl groups is 10. The number of ether oxygens (including phenoxy) is 7. The van der Waals surface area contributed by atoms with Crippen LogP contribution in [-0.2, 0) is 38.0 Å². The standard InChI is InChI=1S/C26H45NO18/c1-6-12(30)16(34)18(36)24(39-6)44-21-14(32)8(3)40-25(19(21)37)45-22-17(35)13(31)7(2)41-26(22)43-20-11(27-9(4)29)23(38)42-10(5-28)15(20)33/h6-8,10-26,28,30-38H,5H2,1-4H3,(H,27,29)/t6-,7-,8-,10+,11+,12-,13-,14-,15+,16+,17+,18+,19+,20+,21+,22+,23-,24-,25-,26-/m0/s1. The average Bonchev–Trinajstić information content (AvgIpc) is 2.99. The van der Waals surface area contributed by atoms with Gasteiger partial charge in [0.15, 0.2) is 25.2 Å². The van der Waals surface area contributed by atoms with Gasteiger partial charge in [-0.25, -0.2) is 0 Å². The van der Waals surface area contributed by atoms with Crippen LogP contribution in [0.25, 0.3) is 0 Å². The van der Waals surface area contributed by atoms with Gasteiger partial charge < -0.3 is 89.5 Å². The Hall–Kier alpha value is -1.21. The van der Waals surface area contributed by atoms with Crippen molar-refractivity contribution >= 4 is 5.91 Å². The second-order valence-electron chi connectivity index (χ2n) is 11.8. The Kier molecular flexibility index (Phi) is 12.1. The summed E-state index contributed by atoms with van der Waals surface area (Å²) < 4.78 is 39.4. The Morgan fingerprint density at radius 1 is 0.578 bits per heavy atom. The van der Waals surface area contributed by atoms with Crippen LogP contribution in [0.1, 0.15) is 27.7 Å².